The number of likely N-dealkylation sites (tertiary alicyclic amines) is 1. The minimum atomic E-state index is -0.594. The molecule has 1 aromatic heterocycles. The molecular weight excluding hydrogens is 488 g/mol. The summed E-state index contributed by atoms with van der Waals surface area (Å²) in [5.74, 6) is 1.61. The van der Waals surface area contributed by atoms with Crippen molar-refractivity contribution in [3.8, 4) is 11.5 Å². The fourth-order valence-electron chi connectivity index (χ4n) is 5.38. The Balaban J connectivity index is 1.32. The Kier molecular flexibility index (Phi) is 7.22. The Labute approximate surface area is 219 Å². The van der Waals surface area contributed by atoms with Crippen LogP contribution in [0, 0.1) is 11.8 Å². The van der Waals surface area contributed by atoms with Crippen LogP contribution in [0.5, 0.6) is 11.5 Å². The topological polar surface area (TPSA) is 112 Å². The number of amides is 2. The number of rotatable bonds is 7. The van der Waals surface area contributed by atoms with Gasteiger partial charge in [0.15, 0.2) is 11.5 Å². The Hall–Kier alpha value is -4.08. The second-order valence-corrected chi connectivity index (χ2v) is 10.3. The lowest BCUT2D eigenvalue weighted by atomic mass is 9.92. The molecule has 1 N–H and O–H groups in total. The van der Waals surface area contributed by atoms with E-state index in [1.165, 1.54) is 4.57 Å². The van der Waals surface area contributed by atoms with Gasteiger partial charge in [-0.1, -0.05) is 32.0 Å². The third-order valence-electron chi connectivity index (χ3n) is 7.14. The van der Waals surface area contributed by atoms with Gasteiger partial charge in [0.25, 0.3) is 5.56 Å². The average molecular weight is 521 g/mol. The molecule has 3 heterocycles. The van der Waals surface area contributed by atoms with Gasteiger partial charge in [-0.25, -0.2) is 4.79 Å². The second kappa shape index (κ2) is 10.7. The molecular formula is C28H32N4O6. The highest BCUT2D eigenvalue weighted by molar-refractivity contribution is 5.82. The van der Waals surface area contributed by atoms with E-state index in [-0.39, 0.29) is 44.7 Å². The van der Waals surface area contributed by atoms with Crippen molar-refractivity contribution in [1.29, 1.82) is 0 Å². The van der Waals surface area contributed by atoms with Gasteiger partial charge in [-0.05, 0) is 48.1 Å². The van der Waals surface area contributed by atoms with Crippen molar-refractivity contribution in [2.45, 2.75) is 46.3 Å². The molecule has 2 aromatic carbocycles. The lowest BCUT2D eigenvalue weighted by molar-refractivity contribution is -0.134. The van der Waals surface area contributed by atoms with Crippen LogP contribution < -0.4 is 26.0 Å². The minimum Gasteiger partial charge on any atom is -0.454 e. The first kappa shape index (κ1) is 25.6. The molecule has 1 saturated heterocycles. The molecule has 200 valence electrons. The molecule has 0 radical (unpaired) electrons. The fourth-order valence-corrected chi connectivity index (χ4v) is 5.38. The molecule has 0 unspecified atom stereocenters. The van der Waals surface area contributed by atoms with Gasteiger partial charge in [0.05, 0.1) is 10.9 Å². The number of hydrogen-bond acceptors (Lipinski definition) is 6. The molecule has 2 atom stereocenters. The van der Waals surface area contributed by atoms with Gasteiger partial charge >= 0.3 is 5.69 Å². The van der Waals surface area contributed by atoms with Crippen LogP contribution in [0.4, 0.5) is 0 Å². The van der Waals surface area contributed by atoms with Crippen molar-refractivity contribution in [2.75, 3.05) is 19.9 Å². The number of fused-ring (bicyclic) bond motifs is 2. The molecule has 0 aliphatic carbocycles. The standard InChI is InChI=1S/C28H32N4O6/c1-18-11-19(2)15-30(14-18)26(34)16-32-22-6-4-3-5-21(22)27(35)31(28(32)36)10-9-25(33)29-13-20-7-8-23-24(12-20)38-17-37-23/h3-8,12,18-19H,9-11,13-17H2,1-2H3,(H,29,33)/t18-,19-/m0/s1. The summed E-state index contributed by atoms with van der Waals surface area (Å²) in [6, 6.07) is 12.2. The Morgan fingerprint density at radius 2 is 1.71 bits per heavy atom. The van der Waals surface area contributed by atoms with Crippen LogP contribution in [0.25, 0.3) is 10.9 Å². The lowest BCUT2D eigenvalue weighted by Crippen LogP contribution is -2.47. The summed E-state index contributed by atoms with van der Waals surface area (Å²) >= 11 is 0. The predicted molar refractivity (Wildman–Crippen MR) is 141 cm³/mol. The van der Waals surface area contributed by atoms with Crippen molar-refractivity contribution < 1.29 is 19.1 Å². The first-order valence-electron chi connectivity index (χ1n) is 13.0. The van der Waals surface area contributed by atoms with E-state index in [9.17, 15) is 19.2 Å². The maximum atomic E-state index is 13.4. The number of ether oxygens (including phenoxy) is 2. The zero-order chi connectivity index (χ0) is 26.8. The molecule has 10 nitrogen and oxygen atoms in total. The lowest BCUT2D eigenvalue weighted by Gasteiger charge is -2.35. The number of hydrogen-bond donors (Lipinski definition) is 1. The maximum Gasteiger partial charge on any atom is 0.331 e. The third-order valence-corrected chi connectivity index (χ3v) is 7.14. The van der Waals surface area contributed by atoms with Crippen LogP contribution in [-0.4, -0.2) is 45.7 Å². The summed E-state index contributed by atoms with van der Waals surface area (Å²) in [6.45, 7) is 5.73. The van der Waals surface area contributed by atoms with E-state index < -0.39 is 11.2 Å². The maximum absolute atomic E-state index is 13.4. The highest BCUT2D eigenvalue weighted by atomic mass is 16.7. The molecule has 10 heteroatoms. The van der Waals surface area contributed by atoms with Crippen LogP contribution in [-0.2, 0) is 29.2 Å². The van der Waals surface area contributed by atoms with E-state index in [0.29, 0.717) is 47.3 Å². The predicted octanol–water partition coefficient (Wildman–Crippen LogP) is 2.10. The zero-order valence-electron chi connectivity index (χ0n) is 21.6. The Morgan fingerprint density at radius 3 is 2.50 bits per heavy atom. The quantitative estimate of drug-likeness (QED) is 0.511. The number of para-hydroxylation sites is 1. The van der Waals surface area contributed by atoms with Crippen LogP contribution in [0.2, 0.25) is 0 Å². The summed E-state index contributed by atoms with van der Waals surface area (Å²) in [5.41, 5.74) is 0.187. The SMILES string of the molecule is C[C@H]1C[C@H](C)CN(C(=O)Cn2c(=O)n(CCC(=O)NCc3ccc4c(c3)OCO4)c(=O)c3ccccc32)C1. The molecule has 0 spiro atoms. The number of aromatic nitrogens is 2. The van der Waals surface area contributed by atoms with Crippen LogP contribution in [0.15, 0.2) is 52.1 Å². The van der Waals surface area contributed by atoms with Crippen molar-refractivity contribution >= 4 is 22.7 Å². The van der Waals surface area contributed by atoms with Crippen molar-refractivity contribution in [3.63, 3.8) is 0 Å². The second-order valence-electron chi connectivity index (χ2n) is 10.3. The van der Waals surface area contributed by atoms with Crippen molar-refractivity contribution in [2.24, 2.45) is 11.8 Å². The largest absolute Gasteiger partial charge is 0.454 e. The molecule has 2 amide bonds. The van der Waals surface area contributed by atoms with Gasteiger partial charge in [-0.15, -0.1) is 0 Å². The van der Waals surface area contributed by atoms with Crippen LogP contribution in [0.3, 0.4) is 0 Å². The average Bonchev–Trinajstić information content (AvgIpc) is 3.37. The van der Waals surface area contributed by atoms with Crippen LogP contribution in [0.1, 0.15) is 32.3 Å². The summed E-state index contributed by atoms with van der Waals surface area (Å²) in [6.07, 6.45) is 1.00. The molecule has 5 rings (SSSR count). The van der Waals surface area contributed by atoms with Crippen molar-refractivity contribution in [1.82, 2.24) is 19.4 Å². The number of benzene rings is 2. The smallest absolute Gasteiger partial charge is 0.331 e. The van der Waals surface area contributed by atoms with Gasteiger partial charge in [0, 0.05) is 32.6 Å². The molecule has 1 fully saturated rings. The molecule has 2 aliphatic rings. The number of piperidine rings is 1. The summed E-state index contributed by atoms with van der Waals surface area (Å²) in [7, 11) is 0. The first-order valence-corrected chi connectivity index (χ1v) is 13.0. The van der Waals surface area contributed by atoms with E-state index in [0.717, 1.165) is 16.6 Å². The Bertz CT molecular complexity index is 1480. The highest BCUT2D eigenvalue weighted by Crippen LogP contribution is 2.32. The van der Waals surface area contributed by atoms with E-state index in [1.54, 1.807) is 41.3 Å². The summed E-state index contributed by atoms with van der Waals surface area (Å²) < 4.78 is 13.1. The first-order chi connectivity index (χ1) is 18.3. The molecule has 0 bridgehead atoms. The molecule has 0 saturated carbocycles. The number of nitrogens with zero attached hydrogens (tertiary/aromatic N) is 3. The third kappa shape index (κ3) is 5.29. The molecule has 2 aliphatic heterocycles. The Morgan fingerprint density at radius 1 is 0.974 bits per heavy atom. The number of carbonyl (C=O) groups excluding carboxylic acids is 2. The van der Waals surface area contributed by atoms with E-state index >= 15 is 0 Å². The minimum absolute atomic E-state index is 0.0624. The van der Waals surface area contributed by atoms with Gasteiger partial charge in [0.1, 0.15) is 6.54 Å². The van der Waals surface area contributed by atoms with Gasteiger partial charge in [-0.3, -0.25) is 23.5 Å². The van der Waals surface area contributed by atoms with E-state index in [4.69, 9.17) is 9.47 Å². The number of nitrogens with one attached hydrogen (secondary N) is 1. The highest BCUT2D eigenvalue weighted by Gasteiger charge is 2.26. The van der Waals surface area contributed by atoms with E-state index in [1.807, 2.05) is 6.07 Å². The van der Waals surface area contributed by atoms with E-state index in [2.05, 4.69) is 19.2 Å². The monoisotopic (exact) mass is 520 g/mol. The van der Waals surface area contributed by atoms with Gasteiger partial charge < -0.3 is 19.7 Å². The molecule has 38 heavy (non-hydrogen) atoms. The normalized spacial score (nSPS) is 18.5. The van der Waals surface area contributed by atoms with Crippen LogP contribution >= 0.6 is 0 Å². The van der Waals surface area contributed by atoms with Gasteiger partial charge in [0.2, 0.25) is 18.6 Å². The summed E-state index contributed by atoms with van der Waals surface area (Å²) in [4.78, 5) is 54.2. The summed E-state index contributed by atoms with van der Waals surface area (Å²) in [5, 5.41) is 3.15. The molecule has 3 aromatic rings. The number of carbonyl (C=O) groups is 2. The fraction of sp³-hybridized carbons (Fsp3) is 0.429. The van der Waals surface area contributed by atoms with Crippen molar-refractivity contribution in [3.05, 3.63) is 68.9 Å². The van der Waals surface area contributed by atoms with Gasteiger partial charge in [-0.2, -0.15) is 0 Å². The zero-order valence-corrected chi connectivity index (χ0v) is 21.6.